The van der Waals surface area contributed by atoms with Gasteiger partial charge >= 0.3 is 0 Å². The zero-order chi connectivity index (χ0) is 15.4. The van der Waals surface area contributed by atoms with Gasteiger partial charge in [0, 0.05) is 29.6 Å². The predicted molar refractivity (Wildman–Crippen MR) is 78.0 cm³/mol. The van der Waals surface area contributed by atoms with Gasteiger partial charge < -0.3 is 5.32 Å². The number of carbonyl (C=O) groups is 1. The number of nitro groups is 1. The third-order valence-corrected chi connectivity index (χ3v) is 3.30. The molecule has 0 saturated heterocycles. The molecule has 0 fully saturated rings. The number of nitro benzene ring substituents is 1. The number of rotatable bonds is 4. The van der Waals surface area contributed by atoms with Crippen LogP contribution in [-0.4, -0.2) is 15.8 Å². The van der Waals surface area contributed by atoms with Gasteiger partial charge in [0.1, 0.15) is 0 Å². The van der Waals surface area contributed by atoms with E-state index in [9.17, 15) is 14.9 Å². The van der Waals surface area contributed by atoms with Crippen LogP contribution in [0.1, 0.15) is 34.5 Å². The monoisotopic (exact) mass is 285 g/mol. The van der Waals surface area contributed by atoms with Crippen LogP contribution in [-0.2, 0) is 0 Å². The fourth-order valence-corrected chi connectivity index (χ4v) is 2.08. The van der Waals surface area contributed by atoms with Crippen molar-refractivity contribution in [1.29, 1.82) is 0 Å². The molecule has 108 valence electrons. The summed E-state index contributed by atoms with van der Waals surface area (Å²) < 4.78 is 0. The molecular weight excluding hydrogens is 270 g/mol. The average molecular weight is 285 g/mol. The number of nitrogens with zero attached hydrogens (tertiary/aromatic N) is 2. The minimum absolute atomic E-state index is 0.0563. The van der Waals surface area contributed by atoms with E-state index in [1.165, 1.54) is 12.1 Å². The maximum atomic E-state index is 12.3. The first-order valence-electron chi connectivity index (χ1n) is 6.45. The molecule has 0 saturated carbocycles. The van der Waals surface area contributed by atoms with Gasteiger partial charge in [0.15, 0.2) is 0 Å². The standard InChI is InChI=1S/C15H15N3O3/c1-10-13(4-3-5-14(10)18(20)21)15(19)17-11(2)12-6-8-16-9-7-12/h3-9,11H,1-2H3,(H,17,19)/t11-/m1/s1. The molecule has 1 aromatic carbocycles. The molecule has 1 N–H and O–H groups in total. The fourth-order valence-electron chi connectivity index (χ4n) is 2.08. The summed E-state index contributed by atoms with van der Waals surface area (Å²) in [6.07, 6.45) is 3.30. The van der Waals surface area contributed by atoms with Crippen LogP contribution in [0, 0.1) is 17.0 Å². The zero-order valence-corrected chi connectivity index (χ0v) is 11.7. The summed E-state index contributed by atoms with van der Waals surface area (Å²) in [5.41, 5.74) is 1.53. The molecule has 0 aliphatic heterocycles. The Morgan fingerprint density at radius 2 is 1.95 bits per heavy atom. The lowest BCUT2D eigenvalue weighted by Crippen LogP contribution is -2.27. The van der Waals surface area contributed by atoms with E-state index in [0.29, 0.717) is 11.1 Å². The van der Waals surface area contributed by atoms with E-state index in [1.807, 2.05) is 19.1 Å². The Kier molecular flexibility index (Phi) is 4.27. The van der Waals surface area contributed by atoms with Crippen LogP contribution < -0.4 is 5.32 Å². The number of aromatic nitrogens is 1. The first kappa shape index (κ1) is 14.6. The van der Waals surface area contributed by atoms with Crippen molar-refractivity contribution < 1.29 is 9.72 Å². The van der Waals surface area contributed by atoms with E-state index in [1.54, 1.807) is 25.4 Å². The van der Waals surface area contributed by atoms with Gasteiger partial charge in [-0.3, -0.25) is 19.9 Å². The molecule has 1 aromatic heterocycles. The van der Waals surface area contributed by atoms with Crippen LogP contribution in [0.4, 0.5) is 5.69 Å². The molecule has 0 unspecified atom stereocenters. The first-order chi connectivity index (χ1) is 10.0. The maximum absolute atomic E-state index is 12.3. The molecule has 1 heterocycles. The number of amides is 1. The van der Waals surface area contributed by atoms with Crippen molar-refractivity contribution >= 4 is 11.6 Å². The highest BCUT2D eigenvalue weighted by Gasteiger charge is 2.19. The summed E-state index contributed by atoms with van der Waals surface area (Å²) in [6, 6.07) is 7.89. The SMILES string of the molecule is Cc1c(C(=O)N[C@H](C)c2ccncc2)cccc1[N+](=O)[O-]. The quantitative estimate of drug-likeness (QED) is 0.691. The fraction of sp³-hybridized carbons (Fsp3) is 0.200. The second kappa shape index (κ2) is 6.13. The van der Waals surface area contributed by atoms with Crippen LogP contribution >= 0.6 is 0 Å². The zero-order valence-electron chi connectivity index (χ0n) is 11.7. The number of hydrogen-bond acceptors (Lipinski definition) is 4. The second-order valence-corrected chi connectivity index (χ2v) is 4.68. The molecule has 2 rings (SSSR count). The van der Waals surface area contributed by atoms with Crippen LogP contribution in [0.25, 0.3) is 0 Å². The van der Waals surface area contributed by atoms with Crippen molar-refractivity contribution in [3.8, 4) is 0 Å². The third kappa shape index (κ3) is 3.22. The topological polar surface area (TPSA) is 85.1 Å². The Bertz CT molecular complexity index is 671. The highest BCUT2D eigenvalue weighted by atomic mass is 16.6. The van der Waals surface area contributed by atoms with Gasteiger partial charge in [0.25, 0.3) is 11.6 Å². The lowest BCUT2D eigenvalue weighted by molar-refractivity contribution is -0.385. The lowest BCUT2D eigenvalue weighted by atomic mass is 10.0. The molecule has 0 spiro atoms. The summed E-state index contributed by atoms with van der Waals surface area (Å²) >= 11 is 0. The van der Waals surface area contributed by atoms with Gasteiger partial charge in [-0.1, -0.05) is 6.07 Å². The van der Waals surface area contributed by atoms with Crippen molar-refractivity contribution in [3.05, 3.63) is 69.5 Å². The number of nitrogens with one attached hydrogen (secondary N) is 1. The maximum Gasteiger partial charge on any atom is 0.273 e. The van der Waals surface area contributed by atoms with Gasteiger partial charge in [-0.05, 0) is 37.6 Å². The van der Waals surface area contributed by atoms with Crippen molar-refractivity contribution in [3.63, 3.8) is 0 Å². The normalized spacial score (nSPS) is 11.7. The summed E-state index contributed by atoms with van der Waals surface area (Å²) in [4.78, 5) is 26.6. The molecular formula is C15H15N3O3. The summed E-state index contributed by atoms with van der Waals surface area (Å²) in [7, 11) is 0. The van der Waals surface area contributed by atoms with Crippen molar-refractivity contribution in [1.82, 2.24) is 10.3 Å². The van der Waals surface area contributed by atoms with Crippen LogP contribution in [0.3, 0.4) is 0 Å². The Hall–Kier alpha value is -2.76. The molecule has 1 amide bonds. The molecule has 6 heteroatoms. The highest BCUT2D eigenvalue weighted by molar-refractivity contribution is 5.96. The third-order valence-electron chi connectivity index (χ3n) is 3.30. The molecule has 1 atom stereocenters. The molecule has 0 radical (unpaired) electrons. The highest BCUT2D eigenvalue weighted by Crippen LogP contribution is 2.21. The summed E-state index contributed by atoms with van der Waals surface area (Å²) in [5.74, 6) is -0.333. The Balaban J connectivity index is 2.22. The molecule has 2 aromatic rings. The van der Waals surface area contributed by atoms with E-state index in [4.69, 9.17) is 0 Å². The van der Waals surface area contributed by atoms with Crippen LogP contribution in [0.2, 0.25) is 0 Å². The van der Waals surface area contributed by atoms with Crippen molar-refractivity contribution in [2.75, 3.05) is 0 Å². The van der Waals surface area contributed by atoms with Crippen LogP contribution in [0.15, 0.2) is 42.7 Å². The smallest absolute Gasteiger partial charge is 0.273 e. The molecule has 0 aliphatic carbocycles. The van der Waals surface area contributed by atoms with E-state index < -0.39 is 4.92 Å². The van der Waals surface area contributed by atoms with Gasteiger partial charge in [0.05, 0.1) is 11.0 Å². The number of benzene rings is 1. The van der Waals surface area contributed by atoms with Crippen LogP contribution in [0.5, 0.6) is 0 Å². The van der Waals surface area contributed by atoms with E-state index >= 15 is 0 Å². The van der Waals surface area contributed by atoms with Crippen molar-refractivity contribution in [2.24, 2.45) is 0 Å². The molecule has 6 nitrogen and oxygen atoms in total. The largest absolute Gasteiger partial charge is 0.346 e. The minimum Gasteiger partial charge on any atom is -0.346 e. The van der Waals surface area contributed by atoms with E-state index in [2.05, 4.69) is 10.3 Å². The number of pyridine rings is 1. The van der Waals surface area contributed by atoms with Gasteiger partial charge in [-0.2, -0.15) is 0 Å². The van der Waals surface area contributed by atoms with E-state index in [0.717, 1.165) is 5.56 Å². The Morgan fingerprint density at radius 3 is 2.57 bits per heavy atom. The second-order valence-electron chi connectivity index (χ2n) is 4.68. The molecule has 0 aliphatic rings. The number of hydrogen-bond donors (Lipinski definition) is 1. The van der Waals surface area contributed by atoms with Gasteiger partial charge in [-0.25, -0.2) is 0 Å². The predicted octanol–water partition coefficient (Wildman–Crippen LogP) is 2.79. The summed E-state index contributed by atoms with van der Waals surface area (Å²) in [6.45, 7) is 3.42. The van der Waals surface area contributed by atoms with Crippen molar-refractivity contribution in [2.45, 2.75) is 19.9 Å². The minimum atomic E-state index is -0.488. The van der Waals surface area contributed by atoms with Gasteiger partial charge in [0.2, 0.25) is 0 Å². The first-order valence-corrected chi connectivity index (χ1v) is 6.45. The molecule has 0 bridgehead atoms. The van der Waals surface area contributed by atoms with Gasteiger partial charge in [-0.15, -0.1) is 0 Å². The lowest BCUT2D eigenvalue weighted by Gasteiger charge is -2.15. The van der Waals surface area contributed by atoms with E-state index in [-0.39, 0.29) is 17.6 Å². The molecule has 21 heavy (non-hydrogen) atoms. The number of carbonyl (C=O) groups excluding carboxylic acids is 1. The Labute approximate surface area is 122 Å². The average Bonchev–Trinajstić information content (AvgIpc) is 2.47. The Morgan fingerprint density at radius 1 is 1.29 bits per heavy atom. The summed E-state index contributed by atoms with van der Waals surface area (Å²) in [5, 5.41) is 13.7.